The Morgan fingerprint density at radius 2 is 0.630 bits per heavy atom. The zero-order valence-electron chi connectivity index (χ0n) is 32.6. The van der Waals surface area contributed by atoms with Gasteiger partial charge >= 0.3 is 0 Å². The van der Waals surface area contributed by atoms with E-state index in [0.29, 0.717) is 11.6 Å². The number of rotatable bonds is 38. The molecule has 0 amide bonds. The first kappa shape index (κ1) is 45.3. The van der Waals surface area contributed by atoms with E-state index in [1.54, 1.807) is 6.92 Å². The van der Waals surface area contributed by atoms with E-state index in [1.807, 2.05) is 13.8 Å². The molecule has 2 unspecified atom stereocenters. The topological polar surface area (TPSA) is 34.1 Å². The van der Waals surface area contributed by atoms with Crippen LogP contribution in [0.3, 0.4) is 0 Å². The Hall–Kier alpha value is -0.660. The third-order valence-corrected chi connectivity index (χ3v) is 10.8. The van der Waals surface area contributed by atoms with Crippen LogP contribution in [-0.2, 0) is 9.59 Å². The average molecular weight is 647 g/mol. The van der Waals surface area contributed by atoms with Crippen molar-refractivity contribution in [3.8, 4) is 0 Å². The molecular weight excluding hydrogens is 560 g/mol. The van der Waals surface area contributed by atoms with Crippen molar-refractivity contribution in [3.63, 3.8) is 0 Å². The van der Waals surface area contributed by atoms with Gasteiger partial charge in [0.2, 0.25) is 0 Å². The highest BCUT2D eigenvalue weighted by atomic mass is 16.1. The van der Waals surface area contributed by atoms with E-state index in [0.717, 1.165) is 37.5 Å². The molecule has 0 bridgehead atoms. The van der Waals surface area contributed by atoms with Gasteiger partial charge in [-0.05, 0) is 31.6 Å². The summed E-state index contributed by atoms with van der Waals surface area (Å²) >= 11 is 0. The second kappa shape index (κ2) is 35.6. The number of ketones is 2. The van der Waals surface area contributed by atoms with Crippen molar-refractivity contribution in [2.45, 2.75) is 253 Å². The summed E-state index contributed by atoms with van der Waals surface area (Å²) in [5, 5.41) is 0. The van der Waals surface area contributed by atoms with Gasteiger partial charge < -0.3 is 4.79 Å². The molecule has 46 heavy (non-hydrogen) atoms. The largest absolute Gasteiger partial charge is 0.300 e. The molecule has 0 heterocycles. The Kier molecular flexibility index (Phi) is 35.1. The maximum absolute atomic E-state index is 11.9. The van der Waals surface area contributed by atoms with Crippen LogP contribution in [0, 0.1) is 17.8 Å². The minimum Gasteiger partial charge on any atom is -0.300 e. The minimum atomic E-state index is 0.206. The Bertz CT molecular complexity index is 638. The zero-order chi connectivity index (χ0) is 33.9. The van der Waals surface area contributed by atoms with Gasteiger partial charge in [0, 0.05) is 18.8 Å². The smallest absolute Gasteiger partial charge is 0.135 e. The maximum atomic E-state index is 11.9. The number of hydrogen-bond acceptors (Lipinski definition) is 2. The molecule has 0 N–H and O–H groups in total. The lowest BCUT2D eigenvalue weighted by Gasteiger charge is -2.28. The SMILES string of the molecule is CCCCCCCCCC(CCCCCCCCCC(C)=O)C(CCCCCCCCC)CCCCCCCCCC(=O)C(C)C. The van der Waals surface area contributed by atoms with Crippen molar-refractivity contribution in [1.29, 1.82) is 0 Å². The van der Waals surface area contributed by atoms with Gasteiger partial charge in [-0.1, -0.05) is 220 Å². The predicted octanol–water partition coefficient (Wildman–Crippen LogP) is 15.3. The number of hydrogen-bond donors (Lipinski definition) is 0. The van der Waals surface area contributed by atoms with E-state index < -0.39 is 0 Å². The van der Waals surface area contributed by atoms with Gasteiger partial charge in [-0.25, -0.2) is 0 Å². The van der Waals surface area contributed by atoms with Gasteiger partial charge in [0.15, 0.2) is 0 Å². The fourth-order valence-corrected chi connectivity index (χ4v) is 7.50. The predicted molar refractivity (Wildman–Crippen MR) is 206 cm³/mol. The molecule has 0 rings (SSSR count). The summed E-state index contributed by atoms with van der Waals surface area (Å²) in [7, 11) is 0. The molecule has 0 aliphatic rings. The zero-order valence-corrected chi connectivity index (χ0v) is 32.6. The first-order valence-corrected chi connectivity index (χ1v) is 21.4. The van der Waals surface area contributed by atoms with Gasteiger partial charge in [0.05, 0.1) is 0 Å². The second-order valence-electron chi connectivity index (χ2n) is 15.7. The molecule has 0 aliphatic heterocycles. The van der Waals surface area contributed by atoms with Crippen LogP contribution in [-0.4, -0.2) is 11.6 Å². The quantitative estimate of drug-likeness (QED) is 0.0625. The summed E-state index contributed by atoms with van der Waals surface area (Å²) in [4.78, 5) is 23.1. The van der Waals surface area contributed by atoms with Gasteiger partial charge in [-0.15, -0.1) is 0 Å². The maximum Gasteiger partial charge on any atom is 0.135 e. The first-order valence-electron chi connectivity index (χ1n) is 21.4. The first-order chi connectivity index (χ1) is 22.4. The summed E-state index contributed by atoms with van der Waals surface area (Å²) in [5.41, 5.74) is 0. The highest BCUT2D eigenvalue weighted by Gasteiger charge is 2.20. The Balaban J connectivity index is 4.78. The molecule has 0 aromatic rings. The van der Waals surface area contributed by atoms with Gasteiger partial charge in [-0.3, -0.25) is 4.79 Å². The van der Waals surface area contributed by atoms with Crippen molar-refractivity contribution >= 4 is 11.6 Å². The minimum absolute atomic E-state index is 0.206. The Labute approximate surface area is 291 Å². The lowest BCUT2D eigenvalue weighted by Crippen LogP contribution is -2.16. The van der Waals surface area contributed by atoms with Crippen LogP contribution in [0.25, 0.3) is 0 Å². The molecule has 2 nitrogen and oxygen atoms in total. The molecule has 274 valence electrons. The van der Waals surface area contributed by atoms with Crippen LogP contribution in [0.2, 0.25) is 0 Å². The fourth-order valence-electron chi connectivity index (χ4n) is 7.50. The summed E-state index contributed by atoms with van der Waals surface area (Å²) in [5.74, 6) is 2.90. The molecule has 0 radical (unpaired) electrons. The fraction of sp³-hybridized carbons (Fsp3) is 0.955. The van der Waals surface area contributed by atoms with Crippen molar-refractivity contribution in [2.75, 3.05) is 0 Å². The Morgan fingerprint density at radius 3 is 0.913 bits per heavy atom. The molecule has 0 saturated heterocycles. The molecular formula is C44H86O2. The lowest BCUT2D eigenvalue weighted by molar-refractivity contribution is -0.122. The van der Waals surface area contributed by atoms with Crippen molar-refractivity contribution in [1.82, 2.24) is 0 Å². The van der Waals surface area contributed by atoms with Crippen LogP contribution < -0.4 is 0 Å². The monoisotopic (exact) mass is 647 g/mol. The van der Waals surface area contributed by atoms with E-state index in [-0.39, 0.29) is 5.92 Å². The number of unbranched alkanes of at least 4 members (excludes halogenated alkanes) is 24. The van der Waals surface area contributed by atoms with Gasteiger partial charge in [0.25, 0.3) is 0 Å². The highest BCUT2D eigenvalue weighted by Crippen LogP contribution is 2.34. The summed E-state index contributed by atoms with van der Waals surface area (Å²) in [6.07, 6.45) is 45.9. The standard InChI is InChI=1S/C44H86O2/c1-6-8-10-12-16-23-29-35-42(37-31-25-19-14-18-22-28-34-41(5)45)43(36-30-24-17-13-11-9-7-2)38-32-26-20-15-21-27-33-39-44(46)40(3)4/h40,42-43H,6-39H2,1-5H3. The number of Topliss-reactive ketones (excluding diaryl/α,β-unsaturated/α-hetero) is 2. The molecule has 2 atom stereocenters. The second-order valence-corrected chi connectivity index (χ2v) is 15.7. The lowest BCUT2D eigenvalue weighted by atomic mass is 9.78. The van der Waals surface area contributed by atoms with E-state index in [2.05, 4.69) is 13.8 Å². The van der Waals surface area contributed by atoms with Gasteiger partial charge in [0.1, 0.15) is 11.6 Å². The third-order valence-electron chi connectivity index (χ3n) is 10.8. The van der Waals surface area contributed by atoms with Crippen LogP contribution in [0.15, 0.2) is 0 Å². The normalized spacial score (nSPS) is 13.0. The summed E-state index contributed by atoms with van der Waals surface area (Å²) < 4.78 is 0. The van der Waals surface area contributed by atoms with Crippen LogP contribution in [0.4, 0.5) is 0 Å². The molecule has 0 aromatic heterocycles. The third kappa shape index (κ3) is 31.9. The van der Waals surface area contributed by atoms with E-state index in [4.69, 9.17) is 0 Å². The van der Waals surface area contributed by atoms with Gasteiger partial charge in [-0.2, -0.15) is 0 Å². The van der Waals surface area contributed by atoms with E-state index in [9.17, 15) is 9.59 Å². The number of carbonyl (C=O) groups is 2. The highest BCUT2D eigenvalue weighted by molar-refractivity contribution is 5.80. The number of carbonyl (C=O) groups excluding carboxylic acids is 2. The molecule has 0 aliphatic carbocycles. The van der Waals surface area contributed by atoms with Crippen molar-refractivity contribution in [3.05, 3.63) is 0 Å². The van der Waals surface area contributed by atoms with E-state index >= 15 is 0 Å². The van der Waals surface area contributed by atoms with Crippen LogP contribution in [0.1, 0.15) is 253 Å². The summed E-state index contributed by atoms with van der Waals surface area (Å²) in [6, 6.07) is 0. The van der Waals surface area contributed by atoms with E-state index in [1.165, 1.54) is 193 Å². The molecule has 0 spiro atoms. The molecule has 0 saturated carbocycles. The van der Waals surface area contributed by atoms with Crippen molar-refractivity contribution < 1.29 is 9.59 Å². The Morgan fingerprint density at radius 1 is 0.370 bits per heavy atom. The van der Waals surface area contributed by atoms with Crippen LogP contribution in [0.5, 0.6) is 0 Å². The van der Waals surface area contributed by atoms with Crippen LogP contribution >= 0.6 is 0 Å². The molecule has 0 aromatic carbocycles. The molecule has 0 fully saturated rings. The average Bonchev–Trinajstić information content (AvgIpc) is 3.03. The van der Waals surface area contributed by atoms with Crippen molar-refractivity contribution in [2.24, 2.45) is 17.8 Å². The molecule has 2 heteroatoms. The summed E-state index contributed by atoms with van der Waals surface area (Å²) in [6.45, 7) is 10.4.